The molecule has 3 N–H and O–H groups in total. The fourth-order valence-corrected chi connectivity index (χ4v) is 2.52. The zero-order valence-corrected chi connectivity index (χ0v) is 8.94. The molecule has 3 heteroatoms. The van der Waals surface area contributed by atoms with Gasteiger partial charge in [0.1, 0.15) is 11.5 Å². The smallest absolute Gasteiger partial charge is 0.124 e. The first-order chi connectivity index (χ1) is 7.08. The zero-order chi connectivity index (χ0) is 10.6. The lowest BCUT2D eigenvalue weighted by Crippen LogP contribution is -2.51. The van der Waals surface area contributed by atoms with E-state index in [-0.39, 0.29) is 6.10 Å². The monoisotopic (exact) mass is 207 g/mol. The zero-order valence-electron chi connectivity index (χ0n) is 8.94. The fourth-order valence-electron chi connectivity index (χ4n) is 2.52. The Morgan fingerprint density at radius 1 is 1.47 bits per heavy atom. The van der Waals surface area contributed by atoms with Crippen LogP contribution in [0.15, 0.2) is 16.5 Å². The van der Waals surface area contributed by atoms with Crippen molar-refractivity contribution in [3.63, 3.8) is 0 Å². The van der Waals surface area contributed by atoms with Gasteiger partial charge in [-0.3, -0.25) is 0 Å². The molecule has 2 aliphatic carbocycles. The van der Waals surface area contributed by atoms with Crippen LogP contribution in [-0.2, 0) is 5.54 Å². The van der Waals surface area contributed by atoms with E-state index in [0.717, 1.165) is 17.4 Å². The normalized spacial score (nSPS) is 43.8. The van der Waals surface area contributed by atoms with E-state index >= 15 is 0 Å². The number of furan rings is 1. The molecule has 1 aromatic rings. The quantitative estimate of drug-likeness (QED) is 0.776. The van der Waals surface area contributed by atoms with Crippen molar-refractivity contribution in [3.05, 3.63) is 23.7 Å². The predicted octanol–water partition coefficient (Wildman–Crippen LogP) is 1.71. The van der Waals surface area contributed by atoms with Crippen molar-refractivity contribution >= 4 is 0 Å². The van der Waals surface area contributed by atoms with Gasteiger partial charge in [-0.1, -0.05) is 6.92 Å². The minimum absolute atomic E-state index is 0.247. The molecule has 0 saturated heterocycles. The molecule has 0 aromatic carbocycles. The van der Waals surface area contributed by atoms with E-state index < -0.39 is 5.54 Å². The highest BCUT2D eigenvalue weighted by Gasteiger charge is 2.45. The van der Waals surface area contributed by atoms with Crippen LogP contribution in [0.1, 0.15) is 43.6 Å². The minimum Gasteiger partial charge on any atom is -0.464 e. The molecule has 2 atom stereocenters. The third-order valence-corrected chi connectivity index (χ3v) is 3.79. The summed E-state index contributed by atoms with van der Waals surface area (Å²) in [6, 6.07) is 4.02. The van der Waals surface area contributed by atoms with Crippen molar-refractivity contribution < 1.29 is 9.52 Å². The van der Waals surface area contributed by atoms with Gasteiger partial charge in [-0.15, -0.1) is 0 Å². The first kappa shape index (κ1) is 9.43. The van der Waals surface area contributed by atoms with Crippen molar-refractivity contribution in [2.45, 2.75) is 43.7 Å². The maximum Gasteiger partial charge on any atom is 0.124 e. The van der Waals surface area contributed by atoms with Gasteiger partial charge in [0.15, 0.2) is 0 Å². The second-order valence-electron chi connectivity index (χ2n) is 5.24. The van der Waals surface area contributed by atoms with E-state index in [0.29, 0.717) is 18.8 Å². The van der Waals surface area contributed by atoms with Gasteiger partial charge in [-0.25, -0.2) is 0 Å². The number of aliphatic hydroxyl groups is 1. The Hall–Kier alpha value is -0.800. The Kier molecular flexibility index (Phi) is 1.80. The van der Waals surface area contributed by atoms with Crippen molar-refractivity contribution in [1.82, 2.24) is 0 Å². The molecule has 2 saturated carbocycles. The van der Waals surface area contributed by atoms with E-state index in [4.69, 9.17) is 10.2 Å². The third-order valence-electron chi connectivity index (χ3n) is 3.79. The van der Waals surface area contributed by atoms with Crippen molar-refractivity contribution in [3.8, 4) is 0 Å². The first-order valence-corrected chi connectivity index (χ1v) is 5.66. The van der Waals surface area contributed by atoms with Gasteiger partial charge in [-0.05, 0) is 37.3 Å². The average Bonchev–Trinajstić information content (AvgIpc) is 2.68. The maximum atomic E-state index is 9.29. The molecule has 0 amide bonds. The van der Waals surface area contributed by atoms with Crippen LogP contribution in [-0.4, -0.2) is 11.2 Å². The maximum absolute atomic E-state index is 9.29. The van der Waals surface area contributed by atoms with Crippen LogP contribution in [0.25, 0.3) is 0 Å². The lowest BCUT2D eigenvalue weighted by Gasteiger charge is -2.40. The van der Waals surface area contributed by atoms with Gasteiger partial charge in [0.05, 0.1) is 11.6 Å². The Labute approximate surface area is 89.3 Å². The van der Waals surface area contributed by atoms with E-state index in [9.17, 15) is 5.11 Å². The Morgan fingerprint density at radius 2 is 2.13 bits per heavy atom. The van der Waals surface area contributed by atoms with E-state index in [1.165, 1.54) is 6.42 Å². The van der Waals surface area contributed by atoms with Gasteiger partial charge < -0.3 is 15.3 Å². The van der Waals surface area contributed by atoms with Gasteiger partial charge in [-0.2, -0.15) is 0 Å². The average molecular weight is 207 g/mol. The van der Waals surface area contributed by atoms with E-state index in [2.05, 4.69) is 6.92 Å². The van der Waals surface area contributed by atoms with E-state index in [1.54, 1.807) is 0 Å². The summed E-state index contributed by atoms with van der Waals surface area (Å²) in [4.78, 5) is 0. The number of rotatable bonds is 2. The molecule has 3 nitrogen and oxygen atoms in total. The molecule has 15 heavy (non-hydrogen) atoms. The van der Waals surface area contributed by atoms with Crippen LogP contribution in [0.2, 0.25) is 0 Å². The molecule has 0 spiro atoms. The summed E-state index contributed by atoms with van der Waals surface area (Å²) in [6.45, 7) is 2.23. The lowest BCUT2D eigenvalue weighted by atomic mass is 9.73. The summed E-state index contributed by atoms with van der Waals surface area (Å²) in [5.74, 6) is 3.28. The molecule has 82 valence electrons. The van der Waals surface area contributed by atoms with Crippen LogP contribution >= 0.6 is 0 Å². The van der Waals surface area contributed by atoms with Gasteiger partial charge >= 0.3 is 0 Å². The van der Waals surface area contributed by atoms with Crippen LogP contribution in [0.4, 0.5) is 0 Å². The third kappa shape index (κ3) is 1.42. The molecule has 0 radical (unpaired) electrons. The SMILES string of the molecule is CC1CC1c1ccc(C2(N)CC(O)C2)o1. The van der Waals surface area contributed by atoms with Crippen LogP contribution in [0, 0.1) is 5.92 Å². The minimum atomic E-state index is -0.407. The molecule has 2 fully saturated rings. The highest BCUT2D eigenvalue weighted by Crippen LogP contribution is 2.49. The van der Waals surface area contributed by atoms with Crippen molar-refractivity contribution in [2.24, 2.45) is 11.7 Å². The second kappa shape index (κ2) is 2.86. The standard InChI is InChI=1S/C12H17NO2/c1-7-4-9(7)10-2-3-11(15-10)12(13)5-8(14)6-12/h2-3,7-9,14H,4-6,13H2,1H3. The summed E-state index contributed by atoms with van der Waals surface area (Å²) in [6.07, 6.45) is 2.23. The predicted molar refractivity (Wildman–Crippen MR) is 56.3 cm³/mol. The van der Waals surface area contributed by atoms with Gasteiger partial charge in [0, 0.05) is 5.92 Å². The molecule has 3 rings (SSSR count). The summed E-state index contributed by atoms with van der Waals surface area (Å²) in [7, 11) is 0. The lowest BCUT2D eigenvalue weighted by molar-refractivity contribution is 0.00959. The summed E-state index contributed by atoms with van der Waals surface area (Å²) in [5.41, 5.74) is 5.72. The van der Waals surface area contributed by atoms with Crippen molar-refractivity contribution in [2.75, 3.05) is 0 Å². The van der Waals surface area contributed by atoms with Crippen molar-refractivity contribution in [1.29, 1.82) is 0 Å². The van der Waals surface area contributed by atoms with E-state index in [1.807, 2.05) is 12.1 Å². The number of hydrogen-bond acceptors (Lipinski definition) is 3. The Bertz CT molecular complexity index is 379. The van der Waals surface area contributed by atoms with Crippen LogP contribution in [0.3, 0.4) is 0 Å². The van der Waals surface area contributed by atoms with Crippen LogP contribution in [0.5, 0.6) is 0 Å². The van der Waals surface area contributed by atoms with Gasteiger partial charge in [0.2, 0.25) is 0 Å². The Morgan fingerprint density at radius 3 is 2.67 bits per heavy atom. The molecule has 0 bridgehead atoms. The summed E-state index contributed by atoms with van der Waals surface area (Å²) < 4.78 is 5.80. The molecule has 0 aliphatic heterocycles. The highest BCUT2D eigenvalue weighted by molar-refractivity contribution is 5.24. The molecule has 1 aromatic heterocycles. The second-order valence-corrected chi connectivity index (χ2v) is 5.24. The van der Waals surface area contributed by atoms with Crippen LogP contribution < -0.4 is 5.73 Å². The number of aliphatic hydroxyl groups excluding tert-OH is 1. The molecular formula is C12H17NO2. The Balaban J connectivity index is 1.79. The number of nitrogens with two attached hydrogens (primary N) is 1. The highest BCUT2D eigenvalue weighted by atomic mass is 16.3. The molecule has 1 heterocycles. The molecular weight excluding hydrogens is 190 g/mol. The first-order valence-electron chi connectivity index (χ1n) is 5.66. The largest absolute Gasteiger partial charge is 0.464 e. The molecule has 2 unspecified atom stereocenters. The topological polar surface area (TPSA) is 59.4 Å². The fraction of sp³-hybridized carbons (Fsp3) is 0.667. The summed E-state index contributed by atoms with van der Waals surface area (Å²) in [5, 5.41) is 9.29. The number of hydrogen-bond donors (Lipinski definition) is 2. The van der Waals surface area contributed by atoms with Gasteiger partial charge in [0.25, 0.3) is 0 Å². The summed E-state index contributed by atoms with van der Waals surface area (Å²) >= 11 is 0. The molecule has 2 aliphatic rings.